The van der Waals surface area contributed by atoms with Crippen LogP contribution in [-0.2, 0) is 0 Å². The van der Waals surface area contributed by atoms with Crippen LogP contribution in [0.4, 0.5) is 10.2 Å². The maximum Gasteiger partial charge on any atom is 0.166 e. The van der Waals surface area contributed by atoms with Crippen molar-refractivity contribution in [2.75, 3.05) is 18.0 Å². The monoisotopic (exact) mass is 285 g/mol. The first kappa shape index (κ1) is 13.7. The Bertz CT molecular complexity index is 607. The van der Waals surface area contributed by atoms with Crippen LogP contribution in [0.2, 0.25) is 0 Å². The summed E-state index contributed by atoms with van der Waals surface area (Å²) < 4.78 is 12.9. The number of carbonyl (C=O) groups is 1. The van der Waals surface area contributed by atoms with E-state index in [1.165, 1.54) is 12.1 Å². The molecule has 0 amide bonds. The Morgan fingerprint density at radius 1 is 1.14 bits per heavy atom. The van der Waals surface area contributed by atoms with Gasteiger partial charge in [0.1, 0.15) is 11.6 Å². The van der Waals surface area contributed by atoms with Gasteiger partial charge in [0.15, 0.2) is 5.78 Å². The van der Waals surface area contributed by atoms with Gasteiger partial charge >= 0.3 is 0 Å². The van der Waals surface area contributed by atoms with E-state index in [1.807, 2.05) is 0 Å². The van der Waals surface area contributed by atoms with Crippen LogP contribution in [0.1, 0.15) is 23.2 Å². The molecule has 108 valence electrons. The molecule has 0 unspecified atom stereocenters. The molecule has 3 rings (SSSR count). The fourth-order valence-corrected chi connectivity index (χ4v) is 2.68. The summed E-state index contributed by atoms with van der Waals surface area (Å²) in [6, 6.07) is 5.79. The van der Waals surface area contributed by atoms with Crippen molar-refractivity contribution >= 4 is 11.6 Å². The number of ketones is 1. The van der Waals surface area contributed by atoms with E-state index >= 15 is 0 Å². The first-order valence-corrected chi connectivity index (χ1v) is 7.05. The molecule has 2 aromatic rings. The number of rotatable bonds is 3. The predicted molar refractivity (Wildman–Crippen MR) is 77.7 cm³/mol. The average Bonchev–Trinajstić information content (AvgIpc) is 2.56. The van der Waals surface area contributed by atoms with E-state index in [1.54, 1.807) is 30.7 Å². The Hall–Kier alpha value is -2.30. The van der Waals surface area contributed by atoms with Crippen LogP contribution < -0.4 is 4.90 Å². The lowest BCUT2D eigenvalue weighted by atomic mass is 9.89. The minimum Gasteiger partial charge on any atom is -0.355 e. The van der Waals surface area contributed by atoms with Gasteiger partial charge < -0.3 is 4.90 Å². The molecule has 0 bridgehead atoms. The van der Waals surface area contributed by atoms with Gasteiger partial charge in [0.05, 0.1) is 6.20 Å². The molecular formula is C16H16FN3O. The van der Waals surface area contributed by atoms with Crippen molar-refractivity contribution in [2.45, 2.75) is 12.8 Å². The van der Waals surface area contributed by atoms with Crippen LogP contribution in [0.5, 0.6) is 0 Å². The number of carbonyl (C=O) groups excluding carboxylic acids is 1. The zero-order chi connectivity index (χ0) is 14.7. The second kappa shape index (κ2) is 5.99. The molecule has 1 aromatic heterocycles. The first-order chi connectivity index (χ1) is 10.2. The molecule has 2 heterocycles. The molecule has 0 atom stereocenters. The lowest BCUT2D eigenvalue weighted by Gasteiger charge is -2.31. The lowest BCUT2D eigenvalue weighted by Crippen LogP contribution is -2.36. The van der Waals surface area contributed by atoms with E-state index < -0.39 is 0 Å². The molecule has 5 heteroatoms. The highest BCUT2D eigenvalue weighted by molar-refractivity contribution is 5.97. The molecular weight excluding hydrogens is 269 g/mol. The van der Waals surface area contributed by atoms with E-state index in [4.69, 9.17) is 0 Å². The minimum absolute atomic E-state index is 0.00313. The van der Waals surface area contributed by atoms with Crippen LogP contribution in [0.3, 0.4) is 0 Å². The SMILES string of the molecule is O=C(c1ccc(F)cc1)C1CCN(c2cnccn2)CC1. The summed E-state index contributed by atoms with van der Waals surface area (Å²) in [6.45, 7) is 1.58. The number of benzene rings is 1. The number of piperidine rings is 1. The largest absolute Gasteiger partial charge is 0.355 e. The smallest absolute Gasteiger partial charge is 0.166 e. The van der Waals surface area contributed by atoms with Gasteiger partial charge in [-0.25, -0.2) is 9.37 Å². The van der Waals surface area contributed by atoms with E-state index in [2.05, 4.69) is 14.9 Å². The second-order valence-electron chi connectivity index (χ2n) is 5.20. The number of anilines is 1. The van der Waals surface area contributed by atoms with E-state index in [0.717, 1.165) is 31.7 Å². The quantitative estimate of drug-likeness (QED) is 0.813. The van der Waals surface area contributed by atoms with Gasteiger partial charge in [-0.2, -0.15) is 0 Å². The van der Waals surface area contributed by atoms with E-state index in [9.17, 15) is 9.18 Å². The zero-order valence-corrected chi connectivity index (χ0v) is 11.6. The summed E-state index contributed by atoms with van der Waals surface area (Å²) in [4.78, 5) is 22.9. The van der Waals surface area contributed by atoms with Crippen molar-refractivity contribution in [3.8, 4) is 0 Å². The van der Waals surface area contributed by atoms with Crippen LogP contribution >= 0.6 is 0 Å². The molecule has 1 aliphatic heterocycles. The van der Waals surface area contributed by atoms with Crippen LogP contribution in [0.25, 0.3) is 0 Å². The Morgan fingerprint density at radius 2 is 1.86 bits per heavy atom. The molecule has 4 nitrogen and oxygen atoms in total. The molecule has 0 radical (unpaired) electrons. The molecule has 0 spiro atoms. The van der Waals surface area contributed by atoms with Gasteiger partial charge in [0.2, 0.25) is 0 Å². The number of hydrogen-bond donors (Lipinski definition) is 0. The van der Waals surface area contributed by atoms with Gasteiger partial charge in [0, 0.05) is 37.0 Å². The standard InChI is InChI=1S/C16H16FN3O/c17-14-3-1-12(2-4-14)16(21)13-5-9-20(10-6-13)15-11-18-7-8-19-15/h1-4,7-8,11,13H,5-6,9-10H2. The van der Waals surface area contributed by atoms with Gasteiger partial charge in [-0.15, -0.1) is 0 Å². The van der Waals surface area contributed by atoms with Crippen molar-refractivity contribution in [1.29, 1.82) is 0 Å². The Kier molecular flexibility index (Phi) is 3.90. The maximum atomic E-state index is 12.9. The van der Waals surface area contributed by atoms with Crippen molar-refractivity contribution in [3.05, 3.63) is 54.2 Å². The minimum atomic E-state index is -0.316. The van der Waals surface area contributed by atoms with Crippen molar-refractivity contribution in [2.24, 2.45) is 5.92 Å². The van der Waals surface area contributed by atoms with Gasteiger partial charge in [0.25, 0.3) is 0 Å². The predicted octanol–water partition coefficient (Wildman–Crippen LogP) is 2.72. The third-order valence-electron chi connectivity index (χ3n) is 3.87. The maximum absolute atomic E-state index is 12.9. The van der Waals surface area contributed by atoms with Gasteiger partial charge in [-0.05, 0) is 37.1 Å². The Morgan fingerprint density at radius 3 is 2.48 bits per heavy atom. The van der Waals surface area contributed by atoms with E-state index in [0.29, 0.717) is 5.56 Å². The number of halogens is 1. The summed E-state index contributed by atoms with van der Waals surface area (Å²) in [5.41, 5.74) is 0.592. The summed E-state index contributed by atoms with van der Waals surface area (Å²) >= 11 is 0. The number of hydrogen-bond acceptors (Lipinski definition) is 4. The molecule has 21 heavy (non-hydrogen) atoms. The second-order valence-corrected chi connectivity index (χ2v) is 5.20. The summed E-state index contributed by atoms with van der Waals surface area (Å²) in [7, 11) is 0. The number of nitrogens with zero attached hydrogens (tertiary/aromatic N) is 3. The van der Waals surface area contributed by atoms with Gasteiger partial charge in [-0.3, -0.25) is 9.78 Å². The fourth-order valence-electron chi connectivity index (χ4n) is 2.68. The molecule has 1 aliphatic rings. The van der Waals surface area contributed by atoms with E-state index in [-0.39, 0.29) is 17.5 Å². The molecule has 1 saturated heterocycles. The van der Waals surface area contributed by atoms with Gasteiger partial charge in [-0.1, -0.05) is 0 Å². The van der Waals surface area contributed by atoms with Crippen molar-refractivity contribution < 1.29 is 9.18 Å². The molecule has 0 N–H and O–H groups in total. The number of aromatic nitrogens is 2. The summed E-state index contributed by atoms with van der Waals surface area (Å²) in [5.74, 6) is 0.645. The molecule has 0 aliphatic carbocycles. The Labute approximate surface area is 122 Å². The Balaban J connectivity index is 1.63. The number of Topliss-reactive ketones (excluding diaryl/α,β-unsaturated/α-hetero) is 1. The lowest BCUT2D eigenvalue weighted by molar-refractivity contribution is 0.0900. The average molecular weight is 285 g/mol. The van der Waals surface area contributed by atoms with Crippen molar-refractivity contribution in [1.82, 2.24) is 9.97 Å². The fraction of sp³-hybridized carbons (Fsp3) is 0.312. The molecule has 1 fully saturated rings. The van der Waals surface area contributed by atoms with Crippen LogP contribution in [-0.4, -0.2) is 28.8 Å². The molecule has 1 aromatic carbocycles. The topological polar surface area (TPSA) is 46.1 Å². The van der Waals surface area contributed by atoms with Crippen LogP contribution in [0, 0.1) is 11.7 Å². The summed E-state index contributed by atoms with van der Waals surface area (Å²) in [5, 5.41) is 0. The first-order valence-electron chi connectivity index (χ1n) is 7.05. The zero-order valence-electron chi connectivity index (χ0n) is 11.6. The highest BCUT2D eigenvalue weighted by Crippen LogP contribution is 2.24. The normalized spacial score (nSPS) is 16.0. The highest BCUT2D eigenvalue weighted by Gasteiger charge is 2.26. The van der Waals surface area contributed by atoms with Crippen LogP contribution in [0.15, 0.2) is 42.9 Å². The molecule has 0 saturated carbocycles. The highest BCUT2D eigenvalue weighted by atomic mass is 19.1. The summed E-state index contributed by atoms with van der Waals surface area (Å²) in [6.07, 6.45) is 6.63. The third kappa shape index (κ3) is 3.07. The van der Waals surface area contributed by atoms with Crippen molar-refractivity contribution in [3.63, 3.8) is 0 Å². The third-order valence-corrected chi connectivity index (χ3v) is 3.87.